The molecule has 0 atom stereocenters. The number of thiazole rings is 1. The van der Waals surface area contributed by atoms with Crippen molar-refractivity contribution in [3.8, 4) is 0 Å². The van der Waals surface area contributed by atoms with Crippen molar-refractivity contribution in [3.63, 3.8) is 0 Å². The lowest BCUT2D eigenvalue weighted by Gasteiger charge is -2.01. The Bertz CT molecular complexity index is 481. The summed E-state index contributed by atoms with van der Waals surface area (Å²) in [6.07, 6.45) is 5.00. The molecule has 0 aliphatic heterocycles. The van der Waals surface area contributed by atoms with Crippen molar-refractivity contribution < 1.29 is 4.79 Å². The maximum Gasteiger partial charge on any atom is 0.251 e. The SMILES string of the molecule is Cc1cnc(CNC(=O)c2ccncc2)s1. The first kappa shape index (κ1) is 10.8. The minimum Gasteiger partial charge on any atom is -0.346 e. The normalized spacial score (nSPS) is 10.1. The highest BCUT2D eigenvalue weighted by atomic mass is 32.1. The molecule has 2 aromatic rings. The molecule has 1 N–H and O–H groups in total. The van der Waals surface area contributed by atoms with E-state index in [1.165, 1.54) is 0 Å². The molecule has 16 heavy (non-hydrogen) atoms. The number of pyridine rings is 1. The monoisotopic (exact) mass is 233 g/mol. The summed E-state index contributed by atoms with van der Waals surface area (Å²) in [6.45, 7) is 2.46. The molecule has 0 bridgehead atoms. The average molecular weight is 233 g/mol. The standard InChI is InChI=1S/C11H11N3OS/c1-8-6-13-10(16-8)7-14-11(15)9-2-4-12-5-3-9/h2-6H,7H2,1H3,(H,14,15). The fraction of sp³-hybridized carbons (Fsp3) is 0.182. The molecule has 4 nitrogen and oxygen atoms in total. The Morgan fingerprint density at radius 2 is 2.19 bits per heavy atom. The Balaban J connectivity index is 1.94. The van der Waals surface area contributed by atoms with E-state index in [9.17, 15) is 4.79 Å². The largest absolute Gasteiger partial charge is 0.346 e. The van der Waals surface area contributed by atoms with Gasteiger partial charge < -0.3 is 5.32 Å². The smallest absolute Gasteiger partial charge is 0.251 e. The summed E-state index contributed by atoms with van der Waals surface area (Å²) in [5, 5.41) is 3.73. The molecule has 0 aliphatic carbocycles. The molecule has 0 aromatic carbocycles. The molecule has 0 radical (unpaired) electrons. The second kappa shape index (κ2) is 4.85. The predicted molar refractivity (Wildman–Crippen MR) is 62.3 cm³/mol. The van der Waals surface area contributed by atoms with Gasteiger partial charge in [-0.3, -0.25) is 9.78 Å². The summed E-state index contributed by atoms with van der Waals surface area (Å²) in [5.41, 5.74) is 0.614. The van der Waals surface area contributed by atoms with Crippen LogP contribution in [0.1, 0.15) is 20.2 Å². The highest BCUT2D eigenvalue weighted by Crippen LogP contribution is 2.10. The number of nitrogens with zero attached hydrogens (tertiary/aromatic N) is 2. The predicted octanol–water partition coefficient (Wildman–Crippen LogP) is 1.78. The van der Waals surface area contributed by atoms with Crippen LogP contribution >= 0.6 is 11.3 Å². The van der Waals surface area contributed by atoms with Gasteiger partial charge in [0, 0.05) is 29.0 Å². The van der Waals surface area contributed by atoms with E-state index in [0.717, 1.165) is 9.88 Å². The van der Waals surface area contributed by atoms with Crippen molar-refractivity contribution in [2.45, 2.75) is 13.5 Å². The quantitative estimate of drug-likeness (QED) is 0.879. The minimum absolute atomic E-state index is 0.102. The van der Waals surface area contributed by atoms with Crippen LogP contribution in [0.2, 0.25) is 0 Å². The molecule has 0 saturated carbocycles. The Hall–Kier alpha value is -1.75. The van der Waals surface area contributed by atoms with Gasteiger partial charge in [-0.2, -0.15) is 0 Å². The number of rotatable bonds is 3. The molecule has 5 heteroatoms. The zero-order valence-corrected chi connectivity index (χ0v) is 9.62. The van der Waals surface area contributed by atoms with Gasteiger partial charge in [-0.1, -0.05) is 0 Å². The van der Waals surface area contributed by atoms with Crippen LogP contribution in [-0.4, -0.2) is 15.9 Å². The number of aryl methyl sites for hydroxylation is 1. The van der Waals surface area contributed by atoms with E-state index >= 15 is 0 Å². The fourth-order valence-electron chi connectivity index (χ4n) is 1.24. The average Bonchev–Trinajstić information content (AvgIpc) is 2.73. The Morgan fingerprint density at radius 3 is 2.81 bits per heavy atom. The number of nitrogens with one attached hydrogen (secondary N) is 1. The third-order valence-corrected chi connectivity index (χ3v) is 2.92. The van der Waals surface area contributed by atoms with Gasteiger partial charge in [-0.25, -0.2) is 4.98 Å². The molecule has 0 aliphatic rings. The second-order valence-electron chi connectivity index (χ2n) is 3.28. The van der Waals surface area contributed by atoms with Crippen LogP contribution in [0.3, 0.4) is 0 Å². The van der Waals surface area contributed by atoms with Gasteiger partial charge in [0.25, 0.3) is 5.91 Å². The minimum atomic E-state index is -0.102. The summed E-state index contributed by atoms with van der Waals surface area (Å²) in [5.74, 6) is -0.102. The number of hydrogen-bond acceptors (Lipinski definition) is 4. The van der Waals surface area contributed by atoms with Gasteiger partial charge in [0.05, 0.1) is 6.54 Å². The molecule has 2 heterocycles. The first-order chi connectivity index (χ1) is 7.75. The molecule has 82 valence electrons. The van der Waals surface area contributed by atoms with Crippen molar-refractivity contribution in [3.05, 3.63) is 46.2 Å². The van der Waals surface area contributed by atoms with Crippen LogP contribution < -0.4 is 5.32 Å². The van der Waals surface area contributed by atoms with Gasteiger partial charge in [-0.05, 0) is 19.1 Å². The van der Waals surface area contributed by atoms with Gasteiger partial charge in [-0.15, -0.1) is 11.3 Å². The van der Waals surface area contributed by atoms with Crippen LogP contribution in [0.15, 0.2) is 30.7 Å². The van der Waals surface area contributed by atoms with Crippen molar-refractivity contribution in [2.24, 2.45) is 0 Å². The molecule has 2 aromatic heterocycles. The summed E-state index contributed by atoms with van der Waals surface area (Å²) in [6, 6.07) is 3.37. The fourth-order valence-corrected chi connectivity index (χ4v) is 1.97. The molecule has 0 unspecified atom stereocenters. The van der Waals surface area contributed by atoms with Crippen molar-refractivity contribution in [2.75, 3.05) is 0 Å². The van der Waals surface area contributed by atoms with E-state index < -0.39 is 0 Å². The Morgan fingerprint density at radius 1 is 1.44 bits per heavy atom. The maximum absolute atomic E-state index is 11.7. The maximum atomic E-state index is 11.7. The first-order valence-electron chi connectivity index (χ1n) is 4.85. The lowest BCUT2D eigenvalue weighted by molar-refractivity contribution is 0.0951. The van der Waals surface area contributed by atoms with E-state index in [-0.39, 0.29) is 5.91 Å². The van der Waals surface area contributed by atoms with Crippen LogP contribution in [0.25, 0.3) is 0 Å². The van der Waals surface area contributed by atoms with Crippen LogP contribution in [0, 0.1) is 6.92 Å². The van der Waals surface area contributed by atoms with Gasteiger partial charge >= 0.3 is 0 Å². The van der Waals surface area contributed by atoms with Crippen molar-refractivity contribution in [1.82, 2.24) is 15.3 Å². The van der Waals surface area contributed by atoms with E-state index in [0.29, 0.717) is 12.1 Å². The Labute approximate surface area is 97.4 Å². The molecule has 0 spiro atoms. The van der Waals surface area contributed by atoms with Gasteiger partial charge in [0.1, 0.15) is 5.01 Å². The topological polar surface area (TPSA) is 54.9 Å². The van der Waals surface area contributed by atoms with Crippen LogP contribution in [0.4, 0.5) is 0 Å². The van der Waals surface area contributed by atoms with E-state index in [2.05, 4.69) is 15.3 Å². The highest BCUT2D eigenvalue weighted by molar-refractivity contribution is 7.11. The summed E-state index contributed by atoms with van der Waals surface area (Å²) in [7, 11) is 0. The Kier molecular flexibility index (Phi) is 3.26. The third kappa shape index (κ3) is 2.64. The van der Waals surface area contributed by atoms with Crippen molar-refractivity contribution in [1.29, 1.82) is 0 Å². The van der Waals surface area contributed by atoms with Crippen LogP contribution in [0.5, 0.6) is 0 Å². The third-order valence-electron chi connectivity index (χ3n) is 2.01. The molecule has 2 rings (SSSR count). The van der Waals surface area contributed by atoms with E-state index in [1.807, 2.05) is 6.92 Å². The number of amides is 1. The molecular weight excluding hydrogens is 222 g/mol. The first-order valence-corrected chi connectivity index (χ1v) is 5.67. The number of carbonyl (C=O) groups is 1. The highest BCUT2D eigenvalue weighted by Gasteiger charge is 2.05. The van der Waals surface area contributed by atoms with E-state index in [1.54, 1.807) is 42.1 Å². The molecular formula is C11H11N3OS. The van der Waals surface area contributed by atoms with E-state index in [4.69, 9.17) is 0 Å². The number of carbonyl (C=O) groups excluding carboxylic acids is 1. The molecule has 0 saturated heterocycles. The zero-order valence-electron chi connectivity index (χ0n) is 8.80. The second-order valence-corrected chi connectivity index (χ2v) is 4.60. The summed E-state index contributed by atoms with van der Waals surface area (Å²) < 4.78 is 0. The lowest BCUT2D eigenvalue weighted by Crippen LogP contribution is -2.22. The zero-order chi connectivity index (χ0) is 11.4. The number of hydrogen-bond donors (Lipinski definition) is 1. The summed E-state index contributed by atoms with van der Waals surface area (Å²) >= 11 is 1.59. The van der Waals surface area contributed by atoms with Gasteiger partial charge in [0.15, 0.2) is 0 Å². The van der Waals surface area contributed by atoms with Gasteiger partial charge in [0.2, 0.25) is 0 Å². The summed E-state index contributed by atoms with van der Waals surface area (Å²) in [4.78, 5) is 20.8. The number of aromatic nitrogens is 2. The van der Waals surface area contributed by atoms with Crippen molar-refractivity contribution >= 4 is 17.2 Å². The lowest BCUT2D eigenvalue weighted by atomic mass is 10.2. The molecule has 0 fully saturated rings. The molecule has 1 amide bonds. The van der Waals surface area contributed by atoms with Crippen LogP contribution in [-0.2, 0) is 6.54 Å².